The molecule has 7 heteroatoms. The first-order chi connectivity index (χ1) is 14.0. The van der Waals surface area contributed by atoms with E-state index in [0.29, 0.717) is 16.6 Å². The number of hydrogen-bond acceptors (Lipinski definition) is 4. The van der Waals surface area contributed by atoms with Gasteiger partial charge >= 0.3 is 0 Å². The molecule has 0 fully saturated rings. The minimum Gasteiger partial charge on any atom is -0.304 e. The third-order valence-electron chi connectivity index (χ3n) is 4.60. The molecule has 0 N–H and O–H groups in total. The highest BCUT2D eigenvalue weighted by Gasteiger charge is 2.20. The van der Waals surface area contributed by atoms with E-state index in [1.54, 1.807) is 21.5 Å². The molecule has 2 aromatic heterocycles. The van der Waals surface area contributed by atoms with E-state index >= 15 is 0 Å². The van der Waals surface area contributed by atoms with Gasteiger partial charge in [-0.1, -0.05) is 41.9 Å². The molecule has 4 rings (SSSR count). The molecule has 1 amide bonds. The number of amides is 1. The highest BCUT2D eigenvalue weighted by atomic mass is 35.5. The first-order valence-electron chi connectivity index (χ1n) is 9.29. The largest absolute Gasteiger partial charge is 0.304 e. The first-order valence-corrected chi connectivity index (χ1v) is 9.67. The Balaban J connectivity index is 1.67. The number of anilines is 1. The summed E-state index contributed by atoms with van der Waals surface area (Å²) in [4.78, 5) is 23.8. The molecule has 0 radical (unpaired) electrons. The smallest absolute Gasteiger partial charge is 0.252 e. The van der Waals surface area contributed by atoms with E-state index in [2.05, 4.69) is 15.1 Å². The van der Waals surface area contributed by atoms with Crippen LogP contribution in [-0.2, 0) is 17.8 Å². The van der Waals surface area contributed by atoms with E-state index in [1.807, 2.05) is 62.4 Å². The van der Waals surface area contributed by atoms with Gasteiger partial charge in [0.25, 0.3) is 5.78 Å². The Morgan fingerprint density at radius 3 is 2.48 bits per heavy atom. The number of fused-ring (bicyclic) bond motifs is 1. The van der Waals surface area contributed by atoms with Crippen LogP contribution in [-0.4, -0.2) is 25.5 Å². The van der Waals surface area contributed by atoms with Gasteiger partial charge in [0.15, 0.2) is 5.82 Å². The number of hydrogen-bond donors (Lipinski definition) is 0. The number of aromatic nitrogens is 4. The van der Waals surface area contributed by atoms with Gasteiger partial charge in [-0.25, -0.2) is 9.50 Å². The standard InChI is InChI=1S/C22H20ClN5O/c1-15-12-16(2)28-22(24-15)25-20(26-28)14-27(19-10-8-18(23)9-11-19)21(29)13-17-6-4-3-5-7-17/h3-12H,13-14H2,1-2H3. The van der Waals surface area contributed by atoms with Crippen LogP contribution in [0.5, 0.6) is 0 Å². The number of benzene rings is 2. The lowest BCUT2D eigenvalue weighted by Crippen LogP contribution is -2.32. The van der Waals surface area contributed by atoms with E-state index in [-0.39, 0.29) is 18.9 Å². The van der Waals surface area contributed by atoms with Crippen molar-refractivity contribution < 1.29 is 4.79 Å². The average Bonchev–Trinajstić information content (AvgIpc) is 3.10. The summed E-state index contributed by atoms with van der Waals surface area (Å²) in [6.45, 7) is 4.12. The second-order valence-electron chi connectivity index (χ2n) is 6.90. The van der Waals surface area contributed by atoms with E-state index in [0.717, 1.165) is 22.6 Å². The molecule has 0 atom stereocenters. The molecule has 0 aliphatic rings. The third-order valence-corrected chi connectivity index (χ3v) is 4.85. The van der Waals surface area contributed by atoms with Crippen LogP contribution >= 0.6 is 11.6 Å². The fraction of sp³-hybridized carbons (Fsp3) is 0.182. The van der Waals surface area contributed by atoms with Crippen molar-refractivity contribution in [2.75, 3.05) is 4.90 Å². The van der Waals surface area contributed by atoms with Gasteiger partial charge in [0.2, 0.25) is 5.91 Å². The molecule has 0 aliphatic carbocycles. The lowest BCUT2D eigenvalue weighted by Gasteiger charge is -2.21. The van der Waals surface area contributed by atoms with Crippen LogP contribution in [0.2, 0.25) is 5.02 Å². The first kappa shape index (κ1) is 19.1. The van der Waals surface area contributed by atoms with Crippen molar-refractivity contribution in [2.24, 2.45) is 0 Å². The molecule has 29 heavy (non-hydrogen) atoms. The van der Waals surface area contributed by atoms with E-state index < -0.39 is 0 Å². The number of halogens is 1. The third kappa shape index (κ3) is 4.27. The summed E-state index contributed by atoms with van der Waals surface area (Å²) in [6, 6.07) is 18.8. The molecule has 146 valence electrons. The van der Waals surface area contributed by atoms with Crippen LogP contribution < -0.4 is 4.90 Å². The molecule has 0 saturated carbocycles. The number of rotatable bonds is 5. The summed E-state index contributed by atoms with van der Waals surface area (Å²) in [6.07, 6.45) is 0.285. The monoisotopic (exact) mass is 405 g/mol. The number of aryl methyl sites for hydroxylation is 2. The predicted octanol–water partition coefficient (Wildman–Crippen LogP) is 4.17. The van der Waals surface area contributed by atoms with E-state index in [4.69, 9.17) is 11.6 Å². The topological polar surface area (TPSA) is 63.4 Å². The van der Waals surface area contributed by atoms with Crippen LogP contribution in [0.15, 0.2) is 60.7 Å². The molecular weight excluding hydrogens is 386 g/mol. The highest BCUT2D eigenvalue weighted by molar-refractivity contribution is 6.30. The molecule has 0 aliphatic heterocycles. The molecule has 0 bridgehead atoms. The summed E-state index contributed by atoms with van der Waals surface area (Å²) in [5.74, 6) is 1.02. The minimum atomic E-state index is -0.0433. The Bertz CT molecular complexity index is 1160. The van der Waals surface area contributed by atoms with Gasteiger partial charge in [0.1, 0.15) is 0 Å². The van der Waals surface area contributed by atoms with Crippen molar-refractivity contribution in [3.05, 3.63) is 88.5 Å². The van der Waals surface area contributed by atoms with E-state index in [1.165, 1.54) is 0 Å². The molecular formula is C22H20ClN5O. The quantitative estimate of drug-likeness (QED) is 0.500. The number of carbonyl (C=O) groups excluding carboxylic acids is 1. The molecule has 0 saturated heterocycles. The van der Waals surface area contributed by atoms with Crippen LogP contribution in [0.25, 0.3) is 5.78 Å². The average molecular weight is 406 g/mol. The Morgan fingerprint density at radius 2 is 1.76 bits per heavy atom. The summed E-state index contributed by atoms with van der Waals surface area (Å²) < 4.78 is 1.70. The predicted molar refractivity (Wildman–Crippen MR) is 113 cm³/mol. The van der Waals surface area contributed by atoms with Gasteiger partial charge in [-0.05, 0) is 49.7 Å². The van der Waals surface area contributed by atoms with Gasteiger partial charge in [0, 0.05) is 22.1 Å². The molecule has 4 aromatic rings. The van der Waals surface area contributed by atoms with Crippen molar-refractivity contribution in [1.29, 1.82) is 0 Å². The Kier molecular flexibility index (Phi) is 5.27. The van der Waals surface area contributed by atoms with Gasteiger partial charge in [-0.2, -0.15) is 4.98 Å². The Labute approximate surface area is 173 Å². The lowest BCUT2D eigenvalue weighted by molar-refractivity contribution is -0.118. The van der Waals surface area contributed by atoms with Crippen molar-refractivity contribution in [2.45, 2.75) is 26.8 Å². The van der Waals surface area contributed by atoms with Crippen molar-refractivity contribution in [3.63, 3.8) is 0 Å². The molecule has 6 nitrogen and oxygen atoms in total. The maximum absolute atomic E-state index is 13.2. The fourth-order valence-corrected chi connectivity index (χ4v) is 3.35. The van der Waals surface area contributed by atoms with Gasteiger partial charge in [0.05, 0.1) is 13.0 Å². The zero-order valence-electron chi connectivity index (χ0n) is 16.2. The van der Waals surface area contributed by atoms with E-state index in [9.17, 15) is 4.79 Å². The Morgan fingerprint density at radius 1 is 1.03 bits per heavy atom. The normalized spacial score (nSPS) is 11.0. The summed E-state index contributed by atoms with van der Waals surface area (Å²) in [5.41, 5.74) is 3.52. The molecule has 0 spiro atoms. The van der Waals surface area contributed by atoms with Crippen LogP contribution in [0.3, 0.4) is 0 Å². The second kappa shape index (κ2) is 8.01. The van der Waals surface area contributed by atoms with Crippen molar-refractivity contribution >= 4 is 29.0 Å². The number of carbonyl (C=O) groups is 1. The van der Waals surface area contributed by atoms with Gasteiger partial charge in [-0.15, -0.1) is 5.10 Å². The molecule has 0 unspecified atom stereocenters. The summed E-state index contributed by atoms with van der Waals surface area (Å²) >= 11 is 6.03. The summed E-state index contributed by atoms with van der Waals surface area (Å²) in [7, 11) is 0. The van der Waals surface area contributed by atoms with Crippen LogP contribution in [0.1, 0.15) is 22.8 Å². The zero-order valence-corrected chi connectivity index (χ0v) is 17.0. The van der Waals surface area contributed by atoms with Crippen LogP contribution in [0.4, 0.5) is 5.69 Å². The number of nitrogens with zero attached hydrogens (tertiary/aromatic N) is 5. The second-order valence-corrected chi connectivity index (χ2v) is 7.33. The molecule has 2 heterocycles. The maximum atomic E-state index is 13.2. The lowest BCUT2D eigenvalue weighted by atomic mass is 10.1. The maximum Gasteiger partial charge on any atom is 0.252 e. The van der Waals surface area contributed by atoms with Crippen LogP contribution in [0, 0.1) is 13.8 Å². The summed E-state index contributed by atoms with van der Waals surface area (Å²) in [5, 5.41) is 5.16. The van der Waals surface area contributed by atoms with Crippen molar-refractivity contribution in [3.8, 4) is 0 Å². The molecule has 2 aromatic carbocycles. The highest BCUT2D eigenvalue weighted by Crippen LogP contribution is 2.21. The SMILES string of the molecule is Cc1cc(C)n2nc(CN(C(=O)Cc3ccccc3)c3ccc(Cl)cc3)nc2n1. The Hall–Kier alpha value is -3.25. The zero-order chi connectivity index (χ0) is 20.4. The van der Waals surface area contributed by atoms with Gasteiger partial charge in [-0.3, -0.25) is 4.79 Å². The minimum absolute atomic E-state index is 0.0433. The van der Waals surface area contributed by atoms with Crippen molar-refractivity contribution in [1.82, 2.24) is 19.6 Å². The fourth-order valence-electron chi connectivity index (χ4n) is 3.23. The van der Waals surface area contributed by atoms with Gasteiger partial charge < -0.3 is 4.90 Å².